The molecule has 1 saturated heterocycles. The van der Waals surface area contributed by atoms with Gasteiger partial charge in [0.15, 0.2) is 0 Å². The van der Waals surface area contributed by atoms with Crippen molar-refractivity contribution >= 4 is 11.8 Å². The van der Waals surface area contributed by atoms with Gasteiger partial charge in [0.25, 0.3) is 0 Å². The van der Waals surface area contributed by atoms with Crippen LogP contribution in [0.5, 0.6) is 0 Å². The fourth-order valence-corrected chi connectivity index (χ4v) is 10.2. The van der Waals surface area contributed by atoms with Crippen molar-refractivity contribution < 1.29 is 9.59 Å². The molecule has 10 unspecified atom stereocenters. The van der Waals surface area contributed by atoms with E-state index in [1.165, 1.54) is 52.0 Å². The molecule has 1 aliphatic heterocycles. The van der Waals surface area contributed by atoms with Gasteiger partial charge in [0.05, 0.1) is 0 Å². The third-order valence-corrected chi connectivity index (χ3v) is 12.7. The predicted molar refractivity (Wildman–Crippen MR) is 145 cm³/mol. The van der Waals surface area contributed by atoms with Crippen LogP contribution in [0.3, 0.4) is 0 Å². The molecule has 36 heavy (non-hydrogen) atoms. The molecular formula is C31H51N3O2. The SMILES string of the molecule is CCC(C)C(NC(C)=O)C(=O)NC1CCC2(C)C(=CCC3C2CCC24CN(C)C(C)C2CCC34C)C1. The maximum absolute atomic E-state index is 13.2. The zero-order chi connectivity index (χ0) is 26.0. The van der Waals surface area contributed by atoms with Crippen molar-refractivity contribution in [3.8, 4) is 0 Å². The largest absolute Gasteiger partial charge is 0.351 e. The smallest absolute Gasteiger partial charge is 0.243 e. The van der Waals surface area contributed by atoms with E-state index in [1.807, 2.05) is 0 Å². The van der Waals surface area contributed by atoms with Crippen LogP contribution in [0.4, 0.5) is 0 Å². The number of carbonyl (C=O) groups is 2. The maximum atomic E-state index is 13.2. The Balaban J connectivity index is 1.33. The van der Waals surface area contributed by atoms with Crippen molar-refractivity contribution in [2.75, 3.05) is 13.6 Å². The molecule has 0 aromatic carbocycles. The molecule has 5 rings (SSSR count). The van der Waals surface area contributed by atoms with E-state index < -0.39 is 6.04 Å². The van der Waals surface area contributed by atoms with Gasteiger partial charge in [-0.25, -0.2) is 0 Å². The molecule has 0 bridgehead atoms. The molecule has 5 aliphatic rings. The van der Waals surface area contributed by atoms with Crippen molar-refractivity contribution in [2.45, 2.75) is 117 Å². The van der Waals surface area contributed by atoms with Crippen LogP contribution in [-0.4, -0.2) is 48.4 Å². The molecular weight excluding hydrogens is 446 g/mol. The van der Waals surface area contributed by atoms with Crippen molar-refractivity contribution in [1.82, 2.24) is 15.5 Å². The first-order valence-corrected chi connectivity index (χ1v) is 14.9. The van der Waals surface area contributed by atoms with Gasteiger partial charge in [-0.05, 0) is 105 Å². The third-order valence-electron chi connectivity index (χ3n) is 12.7. The average molecular weight is 498 g/mol. The number of amides is 2. The lowest BCUT2D eigenvalue weighted by Gasteiger charge is -2.62. The summed E-state index contributed by atoms with van der Waals surface area (Å²) < 4.78 is 0. The molecule has 5 heteroatoms. The molecule has 0 aromatic heterocycles. The van der Waals surface area contributed by atoms with Gasteiger partial charge in [-0.2, -0.15) is 0 Å². The Morgan fingerprint density at radius 2 is 1.83 bits per heavy atom. The molecule has 4 aliphatic carbocycles. The quantitative estimate of drug-likeness (QED) is 0.507. The Morgan fingerprint density at radius 3 is 2.53 bits per heavy atom. The summed E-state index contributed by atoms with van der Waals surface area (Å²) in [6.45, 7) is 14.6. The first-order valence-electron chi connectivity index (χ1n) is 14.9. The predicted octanol–water partition coefficient (Wildman–Crippen LogP) is 5.31. The molecule has 2 N–H and O–H groups in total. The highest BCUT2D eigenvalue weighted by Crippen LogP contribution is 2.74. The summed E-state index contributed by atoms with van der Waals surface area (Å²) in [6.07, 6.45) is 13.5. The van der Waals surface area contributed by atoms with E-state index in [-0.39, 0.29) is 29.2 Å². The second-order valence-electron chi connectivity index (χ2n) is 14.0. The van der Waals surface area contributed by atoms with Crippen LogP contribution in [0.25, 0.3) is 0 Å². The van der Waals surface area contributed by atoms with Crippen LogP contribution >= 0.6 is 0 Å². The molecule has 4 fully saturated rings. The van der Waals surface area contributed by atoms with E-state index in [0.717, 1.165) is 43.1 Å². The summed E-state index contributed by atoms with van der Waals surface area (Å²) in [4.78, 5) is 27.6. The van der Waals surface area contributed by atoms with Crippen LogP contribution < -0.4 is 10.6 Å². The molecule has 3 saturated carbocycles. The number of carbonyl (C=O) groups excluding carboxylic acids is 2. The average Bonchev–Trinajstić information content (AvgIpc) is 3.27. The van der Waals surface area contributed by atoms with Crippen LogP contribution in [0.1, 0.15) is 99.3 Å². The van der Waals surface area contributed by atoms with E-state index in [0.29, 0.717) is 10.8 Å². The van der Waals surface area contributed by atoms with E-state index in [2.05, 4.69) is 63.3 Å². The highest BCUT2D eigenvalue weighted by molar-refractivity contribution is 5.87. The third kappa shape index (κ3) is 3.73. The minimum absolute atomic E-state index is 0.00831. The number of fused-ring (bicyclic) bond motifs is 4. The standard InChI is InChI=1S/C31H51N3O2/c1-8-19(2)27(32-21(4)35)28(36)33-23-11-14-29(5)22(17-23)9-10-26-25(29)13-16-31-18-34(7)20(3)24(31)12-15-30(26,31)6/h9,19-20,23-27H,8,10-18H2,1-7H3,(H,32,35)(H,33,36). The van der Waals surface area contributed by atoms with Crippen LogP contribution in [0.2, 0.25) is 0 Å². The molecule has 0 radical (unpaired) electrons. The number of allylic oxidation sites excluding steroid dienone is 1. The van der Waals surface area contributed by atoms with Gasteiger partial charge in [0.1, 0.15) is 6.04 Å². The lowest BCUT2D eigenvalue weighted by molar-refractivity contribution is -0.130. The highest BCUT2D eigenvalue weighted by atomic mass is 16.2. The van der Waals surface area contributed by atoms with Crippen LogP contribution in [-0.2, 0) is 9.59 Å². The summed E-state index contributed by atoms with van der Waals surface area (Å²) in [5, 5.41) is 6.25. The summed E-state index contributed by atoms with van der Waals surface area (Å²) in [6, 6.07) is 0.464. The molecule has 10 atom stereocenters. The van der Waals surface area contributed by atoms with Gasteiger partial charge in [-0.1, -0.05) is 45.8 Å². The van der Waals surface area contributed by atoms with Gasteiger partial charge in [-0.15, -0.1) is 0 Å². The van der Waals surface area contributed by atoms with Crippen molar-refractivity contribution in [3.05, 3.63) is 11.6 Å². The summed E-state index contributed by atoms with van der Waals surface area (Å²) in [5.41, 5.74) is 2.85. The summed E-state index contributed by atoms with van der Waals surface area (Å²) in [7, 11) is 2.36. The Bertz CT molecular complexity index is 931. The number of likely N-dealkylation sites (tertiary alicyclic amines) is 1. The zero-order valence-electron chi connectivity index (χ0n) is 24.0. The highest BCUT2D eigenvalue weighted by Gasteiger charge is 2.69. The molecule has 1 spiro atoms. The van der Waals surface area contributed by atoms with Crippen molar-refractivity contribution in [2.24, 2.45) is 39.9 Å². The first-order chi connectivity index (χ1) is 17.0. The normalized spacial score (nSPS) is 45.4. The number of hydrogen-bond acceptors (Lipinski definition) is 3. The van der Waals surface area contributed by atoms with Crippen molar-refractivity contribution in [1.29, 1.82) is 0 Å². The molecule has 5 nitrogen and oxygen atoms in total. The molecule has 0 aromatic rings. The van der Waals surface area contributed by atoms with Gasteiger partial charge in [-0.3, -0.25) is 9.59 Å². The van der Waals surface area contributed by atoms with Gasteiger partial charge in [0.2, 0.25) is 11.8 Å². The lowest BCUT2D eigenvalue weighted by Crippen LogP contribution is -2.58. The number of hydrogen-bond donors (Lipinski definition) is 2. The minimum Gasteiger partial charge on any atom is -0.351 e. The van der Waals surface area contributed by atoms with Gasteiger partial charge >= 0.3 is 0 Å². The van der Waals surface area contributed by atoms with E-state index in [1.54, 1.807) is 5.57 Å². The minimum atomic E-state index is -0.442. The lowest BCUT2D eigenvalue weighted by atomic mass is 9.42. The Labute approximate surface area is 219 Å². The number of nitrogens with zero attached hydrogens (tertiary/aromatic N) is 1. The summed E-state index contributed by atoms with van der Waals surface area (Å²) >= 11 is 0. The Morgan fingerprint density at radius 1 is 1.11 bits per heavy atom. The summed E-state index contributed by atoms with van der Waals surface area (Å²) in [5.74, 6) is 2.43. The Kier molecular flexibility index (Phi) is 6.66. The topological polar surface area (TPSA) is 61.4 Å². The second kappa shape index (κ2) is 9.13. The number of nitrogens with one attached hydrogen (secondary N) is 2. The Hall–Kier alpha value is -1.36. The zero-order valence-corrected chi connectivity index (χ0v) is 24.0. The van der Waals surface area contributed by atoms with Crippen molar-refractivity contribution in [3.63, 3.8) is 0 Å². The number of rotatable bonds is 5. The van der Waals surface area contributed by atoms with E-state index >= 15 is 0 Å². The molecule has 2 amide bonds. The van der Waals surface area contributed by atoms with Gasteiger partial charge < -0.3 is 15.5 Å². The maximum Gasteiger partial charge on any atom is 0.243 e. The van der Waals surface area contributed by atoms with E-state index in [4.69, 9.17) is 0 Å². The van der Waals surface area contributed by atoms with Gasteiger partial charge in [0, 0.05) is 25.6 Å². The fraction of sp³-hybridized carbons (Fsp3) is 0.871. The van der Waals surface area contributed by atoms with Crippen LogP contribution in [0.15, 0.2) is 11.6 Å². The molecule has 202 valence electrons. The fourth-order valence-electron chi connectivity index (χ4n) is 10.2. The van der Waals surface area contributed by atoms with Crippen LogP contribution in [0, 0.1) is 39.9 Å². The van der Waals surface area contributed by atoms with E-state index in [9.17, 15) is 9.59 Å². The molecule has 1 heterocycles. The second-order valence-corrected chi connectivity index (χ2v) is 14.0. The first kappa shape index (κ1) is 26.3. The monoisotopic (exact) mass is 497 g/mol.